The van der Waals surface area contributed by atoms with Crippen LogP contribution < -0.4 is 0 Å². The standard InChI is InChI=1S/C13H15F2N3/c14-12-1-2-13(15)11(9-12)10-18-7-5-17(4-3-16)6-8-18/h1-2,9H,4-8,10H2. The number of piperazine rings is 1. The van der Waals surface area contributed by atoms with Crippen molar-refractivity contribution in [3.63, 3.8) is 0 Å². The molecule has 18 heavy (non-hydrogen) atoms. The van der Waals surface area contributed by atoms with E-state index in [4.69, 9.17) is 5.26 Å². The van der Waals surface area contributed by atoms with Gasteiger partial charge in [-0.3, -0.25) is 9.80 Å². The Kier molecular flexibility index (Phi) is 4.24. The molecule has 5 heteroatoms. The Hall–Kier alpha value is -1.51. The quantitative estimate of drug-likeness (QED) is 0.764. The van der Waals surface area contributed by atoms with Crippen molar-refractivity contribution in [3.05, 3.63) is 35.4 Å². The summed E-state index contributed by atoms with van der Waals surface area (Å²) < 4.78 is 26.5. The minimum Gasteiger partial charge on any atom is -0.296 e. The highest BCUT2D eigenvalue weighted by atomic mass is 19.1. The topological polar surface area (TPSA) is 30.3 Å². The second kappa shape index (κ2) is 5.89. The summed E-state index contributed by atoms with van der Waals surface area (Å²) in [5, 5.41) is 8.59. The van der Waals surface area contributed by atoms with Crippen LogP contribution in [-0.4, -0.2) is 42.5 Å². The number of halogens is 2. The molecular weight excluding hydrogens is 236 g/mol. The lowest BCUT2D eigenvalue weighted by Gasteiger charge is -2.33. The number of nitriles is 1. The summed E-state index contributed by atoms with van der Waals surface area (Å²) >= 11 is 0. The highest BCUT2D eigenvalue weighted by Gasteiger charge is 2.17. The average Bonchev–Trinajstić information content (AvgIpc) is 2.37. The van der Waals surface area contributed by atoms with Gasteiger partial charge in [-0.1, -0.05) is 0 Å². The Morgan fingerprint density at radius 2 is 1.78 bits per heavy atom. The molecule has 1 aromatic carbocycles. The third-order valence-electron chi connectivity index (χ3n) is 3.16. The molecule has 1 aliphatic heterocycles. The van der Waals surface area contributed by atoms with E-state index in [2.05, 4.69) is 15.9 Å². The molecule has 0 radical (unpaired) electrons. The van der Waals surface area contributed by atoms with Crippen molar-refractivity contribution in [2.75, 3.05) is 32.7 Å². The summed E-state index contributed by atoms with van der Waals surface area (Å²) in [5.74, 6) is -0.773. The molecule has 0 spiro atoms. The van der Waals surface area contributed by atoms with Crippen LogP contribution in [0.2, 0.25) is 0 Å². The van der Waals surface area contributed by atoms with E-state index in [9.17, 15) is 8.78 Å². The predicted molar refractivity (Wildman–Crippen MR) is 63.7 cm³/mol. The van der Waals surface area contributed by atoms with Gasteiger partial charge in [0.1, 0.15) is 11.6 Å². The lowest BCUT2D eigenvalue weighted by Crippen LogP contribution is -2.45. The third-order valence-corrected chi connectivity index (χ3v) is 3.16. The van der Waals surface area contributed by atoms with Gasteiger partial charge in [-0.25, -0.2) is 8.78 Å². The van der Waals surface area contributed by atoms with Crippen LogP contribution in [0, 0.1) is 23.0 Å². The fourth-order valence-electron chi connectivity index (χ4n) is 2.11. The molecular formula is C13H15F2N3. The molecule has 0 unspecified atom stereocenters. The molecule has 1 aliphatic rings. The Balaban J connectivity index is 1.92. The fraction of sp³-hybridized carbons (Fsp3) is 0.462. The molecule has 0 amide bonds. The summed E-state index contributed by atoms with van der Waals surface area (Å²) in [6, 6.07) is 5.66. The SMILES string of the molecule is N#CCN1CCN(Cc2cc(F)ccc2F)CC1. The molecule has 0 aliphatic carbocycles. The summed E-state index contributed by atoms with van der Waals surface area (Å²) in [4.78, 5) is 4.13. The number of hydrogen-bond acceptors (Lipinski definition) is 3. The maximum Gasteiger partial charge on any atom is 0.127 e. The van der Waals surface area contributed by atoms with Crippen LogP contribution in [0.15, 0.2) is 18.2 Å². The summed E-state index contributed by atoms with van der Waals surface area (Å²) in [6.07, 6.45) is 0. The molecule has 0 aromatic heterocycles. The minimum atomic E-state index is -0.408. The summed E-state index contributed by atoms with van der Waals surface area (Å²) in [6.45, 7) is 4.00. The Morgan fingerprint density at radius 3 is 2.44 bits per heavy atom. The Bertz CT molecular complexity index is 448. The van der Waals surface area contributed by atoms with Crippen LogP contribution >= 0.6 is 0 Å². The second-order valence-corrected chi connectivity index (χ2v) is 4.45. The van der Waals surface area contributed by atoms with E-state index in [1.807, 2.05) is 0 Å². The van der Waals surface area contributed by atoms with Crippen molar-refractivity contribution < 1.29 is 8.78 Å². The van der Waals surface area contributed by atoms with Gasteiger partial charge in [0, 0.05) is 38.3 Å². The predicted octanol–water partition coefficient (Wildman–Crippen LogP) is 1.61. The Labute approximate surface area is 105 Å². The van der Waals surface area contributed by atoms with Gasteiger partial charge >= 0.3 is 0 Å². The van der Waals surface area contributed by atoms with Gasteiger partial charge in [-0.2, -0.15) is 5.26 Å². The first-order chi connectivity index (χ1) is 8.69. The molecule has 0 N–H and O–H groups in total. The zero-order valence-corrected chi connectivity index (χ0v) is 10.1. The average molecular weight is 251 g/mol. The first kappa shape index (κ1) is 12.9. The first-order valence-electron chi connectivity index (χ1n) is 5.94. The van der Waals surface area contributed by atoms with Crippen molar-refractivity contribution >= 4 is 0 Å². The number of rotatable bonds is 3. The second-order valence-electron chi connectivity index (χ2n) is 4.45. The number of benzene rings is 1. The highest BCUT2D eigenvalue weighted by Crippen LogP contribution is 2.13. The maximum atomic E-state index is 13.5. The normalized spacial score (nSPS) is 17.6. The Morgan fingerprint density at radius 1 is 1.11 bits per heavy atom. The molecule has 0 atom stereocenters. The van der Waals surface area contributed by atoms with E-state index in [0.29, 0.717) is 18.7 Å². The van der Waals surface area contributed by atoms with Crippen LogP contribution in [0.4, 0.5) is 8.78 Å². The molecule has 1 aromatic rings. The zero-order valence-electron chi connectivity index (χ0n) is 10.1. The lowest BCUT2D eigenvalue weighted by molar-refractivity contribution is 0.137. The zero-order chi connectivity index (χ0) is 13.0. The monoisotopic (exact) mass is 251 g/mol. The molecule has 96 valence electrons. The lowest BCUT2D eigenvalue weighted by atomic mass is 10.2. The van der Waals surface area contributed by atoms with E-state index < -0.39 is 5.82 Å². The van der Waals surface area contributed by atoms with Gasteiger partial charge in [0.15, 0.2) is 0 Å². The highest BCUT2D eigenvalue weighted by molar-refractivity contribution is 5.18. The van der Waals surface area contributed by atoms with Crippen LogP contribution in [0.1, 0.15) is 5.56 Å². The van der Waals surface area contributed by atoms with Crippen LogP contribution in [0.5, 0.6) is 0 Å². The van der Waals surface area contributed by atoms with Crippen LogP contribution in [-0.2, 0) is 6.54 Å². The summed E-state index contributed by atoms with van der Waals surface area (Å²) in [5.41, 5.74) is 0.392. The van der Waals surface area contributed by atoms with E-state index >= 15 is 0 Å². The van der Waals surface area contributed by atoms with Crippen molar-refractivity contribution in [3.8, 4) is 6.07 Å². The van der Waals surface area contributed by atoms with Crippen molar-refractivity contribution in [2.45, 2.75) is 6.54 Å². The maximum absolute atomic E-state index is 13.5. The van der Waals surface area contributed by atoms with Gasteiger partial charge in [0.2, 0.25) is 0 Å². The van der Waals surface area contributed by atoms with E-state index in [1.165, 1.54) is 6.07 Å². The van der Waals surface area contributed by atoms with Gasteiger partial charge in [0.05, 0.1) is 12.6 Å². The molecule has 1 heterocycles. The third kappa shape index (κ3) is 3.25. The molecule has 1 fully saturated rings. The van der Waals surface area contributed by atoms with E-state index in [-0.39, 0.29) is 5.82 Å². The van der Waals surface area contributed by atoms with Crippen LogP contribution in [0.25, 0.3) is 0 Å². The number of nitrogens with zero attached hydrogens (tertiary/aromatic N) is 3. The molecule has 2 rings (SSSR count). The molecule has 0 saturated carbocycles. The van der Waals surface area contributed by atoms with E-state index in [0.717, 1.165) is 38.3 Å². The smallest absolute Gasteiger partial charge is 0.127 e. The molecule has 1 saturated heterocycles. The van der Waals surface area contributed by atoms with Crippen molar-refractivity contribution in [2.24, 2.45) is 0 Å². The summed E-state index contributed by atoms with van der Waals surface area (Å²) in [7, 11) is 0. The van der Waals surface area contributed by atoms with Gasteiger partial charge in [0.25, 0.3) is 0 Å². The largest absolute Gasteiger partial charge is 0.296 e. The van der Waals surface area contributed by atoms with Gasteiger partial charge in [-0.15, -0.1) is 0 Å². The number of hydrogen-bond donors (Lipinski definition) is 0. The van der Waals surface area contributed by atoms with Crippen LogP contribution in [0.3, 0.4) is 0 Å². The van der Waals surface area contributed by atoms with E-state index in [1.54, 1.807) is 0 Å². The first-order valence-corrected chi connectivity index (χ1v) is 5.94. The van der Waals surface area contributed by atoms with Gasteiger partial charge < -0.3 is 0 Å². The molecule has 3 nitrogen and oxygen atoms in total. The van der Waals surface area contributed by atoms with Gasteiger partial charge in [-0.05, 0) is 18.2 Å². The minimum absolute atomic E-state index is 0.365. The van der Waals surface area contributed by atoms with Crippen molar-refractivity contribution in [1.82, 2.24) is 9.80 Å². The van der Waals surface area contributed by atoms with Crippen molar-refractivity contribution in [1.29, 1.82) is 5.26 Å². The molecule has 0 bridgehead atoms. The fourth-order valence-corrected chi connectivity index (χ4v) is 2.11.